The lowest BCUT2D eigenvalue weighted by atomic mass is 10.0. The van der Waals surface area contributed by atoms with E-state index in [1.165, 1.54) is 7.11 Å². The molecular weight excluding hydrogens is 380 g/mol. The number of ether oxygens (including phenoxy) is 2. The van der Waals surface area contributed by atoms with Crippen LogP contribution in [0, 0.1) is 0 Å². The molecule has 1 aliphatic heterocycles. The molecule has 2 aromatic rings. The molecule has 1 unspecified atom stereocenters. The zero-order valence-corrected chi connectivity index (χ0v) is 18.4. The number of carbonyl (C=O) groups excluding carboxylic acids is 2. The Bertz CT molecular complexity index is 879. The minimum Gasteiger partial charge on any atom is -0.468 e. The molecule has 1 aliphatic rings. The normalized spacial score (nSPS) is 16.0. The quantitative estimate of drug-likeness (QED) is 0.648. The molecular formula is C24H32N2O4. The Balaban J connectivity index is 1.97. The predicted molar refractivity (Wildman–Crippen MR) is 117 cm³/mol. The Hall–Kier alpha value is -2.44. The number of benzene rings is 2. The van der Waals surface area contributed by atoms with Gasteiger partial charge in [-0.2, -0.15) is 0 Å². The zero-order chi connectivity index (χ0) is 21.7. The molecule has 0 radical (unpaired) electrons. The first kappa shape index (κ1) is 22.2. The van der Waals surface area contributed by atoms with Crippen LogP contribution in [0.2, 0.25) is 0 Å². The summed E-state index contributed by atoms with van der Waals surface area (Å²) in [6.07, 6.45) is 1.42. The molecule has 1 heterocycles. The number of hydrogen-bond acceptors (Lipinski definition) is 6. The number of nitrogens with zero attached hydrogens (tertiary/aromatic N) is 2. The summed E-state index contributed by atoms with van der Waals surface area (Å²) in [5.41, 5.74) is 0.454. The van der Waals surface area contributed by atoms with E-state index in [1.807, 2.05) is 49.9 Å². The third-order valence-corrected chi connectivity index (χ3v) is 5.26. The molecule has 1 saturated heterocycles. The van der Waals surface area contributed by atoms with Crippen LogP contribution in [0.3, 0.4) is 0 Å². The first-order valence-corrected chi connectivity index (χ1v) is 10.5. The van der Waals surface area contributed by atoms with Crippen LogP contribution in [0.25, 0.3) is 10.8 Å². The number of methoxy groups -OCH3 is 1. The van der Waals surface area contributed by atoms with Gasteiger partial charge in [0.25, 0.3) is 0 Å². The van der Waals surface area contributed by atoms with E-state index in [2.05, 4.69) is 23.1 Å². The van der Waals surface area contributed by atoms with Gasteiger partial charge in [0.15, 0.2) is 6.17 Å². The van der Waals surface area contributed by atoms with E-state index >= 15 is 0 Å². The van der Waals surface area contributed by atoms with Gasteiger partial charge in [0.1, 0.15) is 5.60 Å². The summed E-state index contributed by atoms with van der Waals surface area (Å²) in [5.74, 6) is -0.698. The SMILES string of the molecule is COC(=O)CN(Cc1cccc2ccccc12)C(C(=O)OC(C)(C)C)N1CCCC1. The van der Waals surface area contributed by atoms with Crippen LogP contribution in [0.4, 0.5) is 0 Å². The van der Waals surface area contributed by atoms with E-state index in [9.17, 15) is 9.59 Å². The second kappa shape index (κ2) is 9.58. The molecule has 0 amide bonds. The first-order valence-electron chi connectivity index (χ1n) is 10.5. The molecule has 1 atom stereocenters. The van der Waals surface area contributed by atoms with Crippen LogP contribution in [-0.4, -0.2) is 60.2 Å². The third-order valence-electron chi connectivity index (χ3n) is 5.26. The third kappa shape index (κ3) is 5.58. The summed E-state index contributed by atoms with van der Waals surface area (Å²) in [5, 5.41) is 2.24. The highest BCUT2D eigenvalue weighted by molar-refractivity contribution is 5.86. The number of carbonyl (C=O) groups is 2. The lowest BCUT2D eigenvalue weighted by molar-refractivity contribution is -0.170. The van der Waals surface area contributed by atoms with Crippen LogP contribution in [-0.2, 0) is 25.6 Å². The monoisotopic (exact) mass is 412 g/mol. The van der Waals surface area contributed by atoms with Crippen LogP contribution >= 0.6 is 0 Å². The topological polar surface area (TPSA) is 59.1 Å². The van der Waals surface area contributed by atoms with Crippen molar-refractivity contribution in [2.24, 2.45) is 0 Å². The summed E-state index contributed by atoms with van der Waals surface area (Å²) in [7, 11) is 1.37. The van der Waals surface area contributed by atoms with Gasteiger partial charge in [-0.1, -0.05) is 42.5 Å². The van der Waals surface area contributed by atoms with Gasteiger partial charge < -0.3 is 9.47 Å². The molecule has 1 fully saturated rings. The van der Waals surface area contributed by atoms with Gasteiger partial charge in [0.05, 0.1) is 13.7 Å². The van der Waals surface area contributed by atoms with Crippen LogP contribution < -0.4 is 0 Å². The molecule has 6 nitrogen and oxygen atoms in total. The highest BCUT2D eigenvalue weighted by Crippen LogP contribution is 2.24. The van der Waals surface area contributed by atoms with E-state index < -0.39 is 11.8 Å². The van der Waals surface area contributed by atoms with E-state index in [1.54, 1.807) is 0 Å². The molecule has 0 saturated carbocycles. The molecule has 2 aromatic carbocycles. The van der Waals surface area contributed by atoms with E-state index in [-0.39, 0.29) is 18.5 Å². The predicted octanol–water partition coefficient (Wildman–Crippen LogP) is 3.58. The average Bonchev–Trinajstić information content (AvgIpc) is 3.21. The van der Waals surface area contributed by atoms with Crippen molar-refractivity contribution in [1.29, 1.82) is 0 Å². The first-order chi connectivity index (χ1) is 14.3. The highest BCUT2D eigenvalue weighted by Gasteiger charge is 2.37. The fourth-order valence-electron chi connectivity index (χ4n) is 3.98. The van der Waals surface area contributed by atoms with E-state index in [0.717, 1.165) is 42.3 Å². The Morgan fingerprint density at radius 3 is 2.40 bits per heavy atom. The minimum absolute atomic E-state index is 0.0140. The maximum atomic E-state index is 13.3. The van der Waals surface area contributed by atoms with Crippen molar-refractivity contribution in [3.05, 3.63) is 48.0 Å². The number of likely N-dealkylation sites (tertiary alicyclic amines) is 1. The summed E-state index contributed by atoms with van der Waals surface area (Å²) in [6, 6.07) is 14.3. The van der Waals surface area contributed by atoms with Crippen molar-refractivity contribution in [2.75, 3.05) is 26.7 Å². The molecule has 0 spiro atoms. The van der Waals surface area contributed by atoms with Crippen molar-refractivity contribution >= 4 is 22.7 Å². The number of fused-ring (bicyclic) bond motifs is 1. The fraction of sp³-hybridized carbons (Fsp3) is 0.500. The summed E-state index contributed by atoms with van der Waals surface area (Å²) in [6.45, 7) is 7.65. The van der Waals surface area contributed by atoms with Gasteiger partial charge in [0, 0.05) is 19.6 Å². The average molecular weight is 413 g/mol. The number of esters is 2. The highest BCUT2D eigenvalue weighted by atomic mass is 16.6. The van der Waals surface area contributed by atoms with Crippen molar-refractivity contribution in [3.8, 4) is 0 Å². The summed E-state index contributed by atoms with van der Waals surface area (Å²) < 4.78 is 10.7. The Morgan fingerprint density at radius 2 is 1.73 bits per heavy atom. The lowest BCUT2D eigenvalue weighted by Gasteiger charge is -2.37. The van der Waals surface area contributed by atoms with Crippen molar-refractivity contribution in [3.63, 3.8) is 0 Å². The molecule has 3 rings (SSSR count). The van der Waals surface area contributed by atoms with Crippen LogP contribution in [0.5, 0.6) is 0 Å². The molecule has 30 heavy (non-hydrogen) atoms. The van der Waals surface area contributed by atoms with E-state index in [0.29, 0.717) is 6.54 Å². The van der Waals surface area contributed by atoms with Crippen LogP contribution in [0.1, 0.15) is 39.2 Å². The molecule has 0 aliphatic carbocycles. The molecule has 162 valence electrons. The Labute approximate surface area is 178 Å². The number of hydrogen-bond donors (Lipinski definition) is 0. The van der Waals surface area contributed by atoms with Gasteiger partial charge in [-0.25, -0.2) is 4.79 Å². The van der Waals surface area contributed by atoms with Gasteiger partial charge in [0.2, 0.25) is 0 Å². The van der Waals surface area contributed by atoms with Gasteiger partial charge in [-0.3, -0.25) is 14.6 Å². The maximum absolute atomic E-state index is 13.3. The Kier molecular flexibility index (Phi) is 7.10. The minimum atomic E-state index is -0.634. The largest absolute Gasteiger partial charge is 0.468 e. The maximum Gasteiger partial charge on any atom is 0.339 e. The second-order valence-corrected chi connectivity index (χ2v) is 8.77. The van der Waals surface area contributed by atoms with Gasteiger partial charge in [-0.15, -0.1) is 0 Å². The summed E-state index contributed by atoms with van der Waals surface area (Å²) >= 11 is 0. The zero-order valence-electron chi connectivity index (χ0n) is 18.4. The summed E-state index contributed by atoms with van der Waals surface area (Å²) in [4.78, 5) is 29.5. The van der Waals surface area contributed by atoms with Crippen molar-refractivity contribution in [2.45, 2.75) is 51.9 Å². The molecule has 0 N–H and O–H groups in total. The Morgan fingerprint density at radius 1 is 1.07 bits per heavy atom. The second-order valence-electron chi connectivity index (χ2n) is 8.77. The lowest BCUT2D eigenvalue weighted by Crippen LogP contribution is -2.55. The fourth-order valence-corrected chi connectivity index (χ4v) is 3.98. The molecule has 0 aromatic heterocycles. The standard InChI is InChI=1S/C24H32N2O4/c1-24(2,3)30-23(28)22(25-14-7-8-15-25)26(17-21(27)29-4)16-19-12-9-11-18-10-5-6-13-20(18)19/h5-6,9-13,22H,7-8,14-17H2,1-4H3. The van der Waals surface area contributed by atoms with Crippen molar-refractivity contribution < 1.29 is 19.1 Å². The molecule has 0 bridgehead atoms. The van der Waals surface area contributed by atoms with E-state index in [4.69, 9.17) is 9.47 Å². The van der Waals surface area contributed by atoms with Gasteiger partial charge in [-0.05, 0) is 49.9 Å². The number of rotatable bonds is 7. The smallest absolute Gasteiger partial charge is 0.339 e. The van der Waals surface area contributed by atoms with Crippen LogP contribution in [0.15, 0.2) is 42.5 Å². The van der Waals surface area contributed by atoms with Crippen molar-refractivity contribution in [1.82, 2.24) is 9.80 Å². The molecule has 6 heteroatoms. The van der Waals surface area contributed by atoms with Gasteiger partial charge >= 0.3 is 11.9 Å².